The molecule has 0 aromatic heterocycles. The summed E-state index contributed by atoms with van der Waals surface area (Å²) in [5.74, 6) is 0.0813. The molecule has 0 amide bonds. The van der Waals surface area contributed by atoms with Gasteiger partial charge in [0.25, 0.3) is 0 Å². The van der Waals surface area contributed by atoms with Crippen LogP contribution >= 0.6 is 0 Å². The highest BCUT2D eigenvalue weighted by Crippen LogP contribution is 2.13. The van der Waals surface area contributed by atoms with Gasteiger partial charge in [0, 0.05) is 5.92 Å². The summed E-state index contributed by atoms with van der Waals surface area (Å²) >= 11 is 0. The van der Waals surface area contributed by atoms with E-state index >= 15 is 0 Å². The first-order valence-electron chi connectivity index (χ1n) is 4.58. The molecule has 12 heavy (non-hydrogen) atoms. The number of carbonyl (C=O) groups is 1. The maximum atomic E-state index is 10.6. The van der Waals surface area contributed by atoms with Crippen LogP contribution in [0.4, 0.5) is 0 Å². The molecule has 1 nitrogen and oxygen atoms in total. The molecule has 0 spiro atoms. The third kappa shape index (κ3) is 3.51. The molecule has 0 heterocycles. The SMILES string of the molecule is C/C=C(\C=C/CC)C(C=O)CC. The zero-order valence-corrected chi connectivity index (χ0v) is 8.21. The van der Waals surface area contributed by atoms with E-state index in [0.717, 1.165) is 24.7 Å². The second-order valence-corrected chi connectivity index (χ2v) is 2.75. The summed E-state index contributed by atoms with van der Waals surface area (Å²) in [6.07, 6.45) is 9.07. The van der Waals surface area contributed by atoms with Gasteiger partial charge in [-0.3, -0.25) is 0 Å². The molecule has 0 aliphatic carbocycles. The molecule has 0 radical (unpaired) electrons. The van der Waals surface area contributed by atoms with E-state index in [1.54, 1.807) is 0 Å². The molecule has 68 valence electrons. The topological polar surface area (TPSA) is 17.1 Å². The Labute approximate surface area is 75.2 Å². The summed E-state index contributed by atoms with van der Waals surface area (Å²) in [7, 11) is 0. The summed E-state index contributed by atoms with van der Waals surface area (Å²) in [4.78, 5) is 10.6. The molecule has 0 aliphatic heterocycles. The second-order valence-electron chi connectivity index (χ2n) is 2.75. The lowest BCUT2D eigenvalue weighted by atomic mass is 9.97. The van der Waals surface area contributed by atoms with E-state index in [0.29, 0.717) is 0 Å². The zero-order chi connectivity index (χ0) is 9.40. The Morgan fingerprint density at radius 2 is 2.08 bits per heavy atom. The Morgan fingerprint density at radius 3 is 2.42 bits per heavy atom. The van der Waals surface area contributed by atoms with Crippen LogP contribution in [0.5, 0.6) is 0 Å². The lowest BCUT2D eigenvalue weighted by molar-refractivity contribution is -0.110. The van der Waals surface area contributed by atoms with E-state index in [1.165, 1.54) is 0 Å². The Hall–Kier alpha value is -0.850. The predicted molar refractivity (Wildman–Crippen MR) is 53.0 cm³/mol. The molecule has 0 aliphatic rings. The van der Waals surface area contributed by atoms with Gasteiger partial charge in [0.2, 0.25) is 0 Å². The van der Waals surface area contributed by atoms with Gasteiger partial charge in [0.15, 0.2) is 0 Å². The molecular formula is C11H18O. The molecule has 1 atom stereocenters. The highest BCUT2D eigenvalue weighted by molar-refractivity contribution is 5.60. The molecule has 1 unspecified atom stereocenters. The van der Waals surface area contributed by atoms with Gasteiger partial charge < -0.3 is 4.79 Å². The minimum atomic E-state index is 0.0813. The van der Waals surface area contributed by atoms with Gasteiger partial charge in [-0.1, -0.05) is 32.1 Å². The van der Waals surface area contributed by atoms with Gasteiger partial charge in [-0.2, -0.15) is 0 Å². The molecule has 0 saturated carbocycles. The number of hydrogen-bond donors (Lipinski definition) is 0. The van der Waals surface area contributed by atoms with Gasteiger partial charge in [0.1, 0.15) is 6.29 Å². The lowest BCUT2D eigenvalue weighted by Gasteiger charge is -2.07. The van der Waals surface area contributed by atoms with Crippen molar-refractivity contribution in [3.05, 3.63) is 23.8 Å². The third-order valence-corrected chi connectivity index (χ3v) is 1.91. The van der Waals surface area contributed by atoms with Crippen LogP contribution in [-0.2, 0) is 4.79 Å². The van der Waals surface area contributed by atoms with Gasteiger partial charge in [0.05, 0.1) is 0 Å². The van der Waals surface area contributed by atoms with Crippen molar-refractivity contribution in [1.82, 2.24) is 0 Å². The van der Waals surface area contributed by atoms with Crippen LogP contribution in [0.1, 0.15) is 33.6 Å². The van der Waals surface area contributed by atoms with Crippen molar-refractivity contribution in [1.29, 1.82) is 0 Å². The normalized spacial score (nSPS) is 15.1. The van der Waals surface area contributed by atoms with Crippen molar-refractivity contribution in [2.45, 2.75) is 33.6 Å². The largest absolute Gasteiger partial charge is 0.303 e. The highest BCUT2D eigenvalue weighted by atomic mass is 16.1. The maximum Gasteiger partial charge on any atom is 0.127 e. The summed E-state index contributed by atoms with van der Waals surface area (Å²) in [5, 5.41) is 0. The van der Waals surface area contributed by atoms with E-state index in [9.17, 15) is 4.79 Å². The number of carbonyl (C=O) groups excluding carboxylic acids is 1. The molecule has 0 N–H and O–H groups in total. The quantitative estimate of drug-likeness (QED) is 0.453. The first-order chi connectivity index (χ1) is 5.79. The molecule has 0 aromatic carbocycles. The first kappa shape index (κ1) is 11.2. The summed E-state index contributed by atoms with van der Waals surface area (Å²) in [6, 6.07) is 0. The number of allylic oxidation sites excluding steroid dienone is 4. The van der Waals surface area contributed by atoms with Crippen molar-refractivity contribution in [3.63, 3.8) is 0 Å². The smallest absolute Gasteiger partial charge is 0.127 e. The molecule has 1 heteroatoms. The van der Waals surface area contributed by atoms with Crippen molar-refractivity contribution < 1.29 is 4.79 Å². The van der Waals surface area contributed by atoms with Crippen LogP contribution in [0.15, 0.2) is 23.8 Å². The lowest BCUT2D eigenvalue weighted by Crippen LogP contribution is -2.02. The number of aldehydes is 1. The number of hydrogen-bond acceptors (Lipinski definition) is 1. The summed E-state index contributed by atoms with van der Waals surface area (Å²) in [5.41, 5.74) is 1.13. The van der Waals surface area contributed by atoms with Crippen LogP contribution in [0, 0.1) is 5.92 Å². The molecule has 0 saturated heterocycles. The van der Waals surface area contributed by atoms with Crippen LogP contribution < -0.4 is 0 Å². The van der Waals surface area contributed by atoms with Crippen LogP contribution in [-0.4, -0.2) is 6.29 Å². The Morgan fingerprint density at radius 1 is 1.42 bits per heavy atom. The minimum Gasteiger partial charge on any atom is -0.303 e. The van der Waals surface area contributed by atoms with Gasteiger partial charge in [-0.15, -0.1) is 0 Å². The van der Waals surface area contributed by atoms with Crippen LogP contribution in [0.2, 0.25) is 0 Å². The van der Waals surface area contributed by atoms with Gasteiger partial charge >= 0.3 is 0 Å². The molecule has 0 fully saturated rings. The second kappa shape index (κ2) is 6.84. The molecular weight excluding hydrogens is 148 g/mol. The Bertz CT molecular complexity index is 175. The fourth-order valence-electron chi connectivity index (χ4n) is 1.10. The maximum absolute atomic E-state index is 10.6. The van der Waals surface area contributed by atoms with E-state index in [1.807, 2.05) is 26.0 Å². The van der Waals surface area contributed by atoms with Gasteiger partial charge in [-0.25, -0.2) is 0 Å². The zero-order valence-electron chi connectivity index (χ0n) is 8.21. The van der Waals surface area contributed by atoms with E-state index in [-0.39, 0.29) is 5.92 Å². The number of rotatable bonds is 5. The average molecular weight is 166 g/mol. The van der Waals surface area contributed by atoms with Crippen molar-refractivity contribution >= 4 is 6.29 Å². The van der Waals surface area contributed by atoms with E-state index in [2.05, 4.69) is 13.0 Å². The van der Waals surface area contributed by atoms with Crippen molar-refractivity contribution in [3.8, 4) is 0 Å². The van der Waals surface area contributed by atoms with Crippen LogP contribution in [0.3, 0.4) is 0 Å². The summed E-state index contributed by atoms with van der Waals surface area (Å²) < 4.78 is 0. The van der Waals surface area contributed by atoms with Crippen LogP contribution in [0.25, 0.3) is 0 Å². The van der Waals surface area contributed by atoms with Crippen molar-refractivity contribution in [2.75, 3.05) is 0 Å². The third-order valence-electron chi connectivity index (χ3n) is 1.91. The highest BCUT2D eigenvalue weighted by Gasteiger charge is 2.06. The van der Waals surface area contributed by atoms with Gasteiger partial charge in [-0.05, 0) is 25.3 Å². The molecule has 0 rings (SSSR count). The predicted octanol–water partition coefficient (Wildman–Crippen LogP) is 3.12. The summed E-state index contributed by atoms with van der Waals surface area (Å²) in [6.45, 7) is 6.09. The van der Waals surface area contributed by atoms with Crippen molar-refractivity contribution in [2.24, 2.45) is 5.92 Å². The molecule has 0 aromatic rings. The minimum absolute atomic E-state index is 0.0813. The fourth-order valence-corrected chi connectivity index (χ4v) is 1.10. The average Bonchev–Trinajstić information content (AvgIpc) is 2.12. The standard InChI is InChI=1S/C11H18O/c1-4-7-8-10(5-2)11(6-3)9-12/h5,7-9,11H,4,6H2,1-3H3/b8-7-,10-5+. The van der Waals surface area contributed by atoms with E-state index in [4.69, 9.17) is 0 Å². The first-order valence-corrected chi connectivity index (χ1v) is 4.58. The molecule has 0 bridgehead atoms. The Balaban J connectivity index is 4.33. The monoisotopic (exact) mass is 166 g/mol. The fraction of sp³-hybridized carbons (Fsp3) is 0.545. The Kier molecular flexibility index (Phi) is 6.35. The van der Waals surface area contributed by atoms with E-state index < -0.39 is 0 Å².